The molecule has 1 amide bonds. The zero-order chi connectivity index (χ0) is 12.1. The lowest BCUT2D eigenvalue weighted by atomic mass is 10.2. The summed E-state index contributed by atoms with van der Waals surface area (Å²) in [5.74, 6) is 0.289. The maximum atomic E-state index is 11.6. The third-order valence-electron chi connectivity index (χ3n) is 2.13. The second kappa shape index (κ2) is 5.94. The lowest BCUT2D eigenvalue weighted by Gasteiger charge is -2.26. The van der Waals surface area contributed by atoms with E-state index in [-0.39, 0.29) is 11.9 Å². The number of hydrogen-bond donors (Lipinski definition) is 0. The Kier molecular flexibility index (Phi) is 4.86. The van der Waals surface area contributed by atoms with Crippen molar-refractivity contribution in [2.75, 3.05) is 12.4 Å². The summed E-state index contributed by atoms with van der Waals surface area (Å²) >= 11 is 1.43. The Morgan fingerprint density at radius 2 is 2.25 bits per heavy atom. The van der Waals surface area contributed by atoms with Gasteiger partial charge in [-0.25, -0.2) is 4.79 Å². The maximum Gasteiger partial charge on any atom is 0.328 e. The zero-order valence-electron chi connectivity index (χ0n) is 9.80. The lowest BCUT2D eigenvalue weighted by Crippen LogP contribution is -2.42. The fourth-order valence-corrected chi connectivity index (χ4v) is 1.82. The van der Waals surface area contributed by atoms with Crippen molar-refractivity contribution in [2.24, 2.45) is 5.92 Å². The molecule has 0 radical (unpaired) electrons. The first-order valence-corrected chi connectivity index (χ1v) is 6.33. The van der Waals surface area contributed by atoms with E-state index in [2.05, 4.69) is 0 Å². The Morgan fingerprint density at radius 3 is 2.81 bits per heavy atom. The summed E-state index contributed by atoms with van der Waals surface area (Å²) in [6.07, 6.45) is 1.64. The van der Waals surface area contributed by atoms with E-state index < -0.39 is 6.04 Å². The van der Waals surface area contributed by atoms with Gasteiger partial charge in [0, 0.05) is 6.20 Å². The van der Waals surface area contributed by atoms with E-state index in [1.807, 2.05) is 19.3 Å². The van der Waals surface area contributed by atoms with Gasteiger partial charge in [-0.3, -0.25) is 4.79 Å². The summed E-state index contributed by atoms with van der Waals surface area (Å²) in [6.45, 7) is 6.02. The number of esters is 1. The molecule has 0 aromatic rings. The standard InChI is InChI=1S/C11H17NO3S/c1-8(2)6-15-11(14)9(3)12-4-5-16-7-10(12)13/h4-5,8-9H,6-7H2,1-3H3. The molecule has 1 atom stereocenters. The molecular weight excluding hydrogens is 226 g/mol. The van der Waals surface area contributed by atoms with Crippen LogP contribution in [0.3, 0.4) is 0 Å². The molecule has 0 aromatic carbocycles. The molecule has 0 bridgehead atoms. The molecule has 0 aromatic heterocycles. The van der Waals surface area contributed by atoms with E-state index in [0.29, 0.717) is 18.3 Å². The molecule has 0 N–H and O–H groups in total. The topological polar surface area (TPSA) is 46.6 Å². The largest absolute Gasteiger partial charge is 0.464 e. The highest BCUT2D eigenvalue weighted by molar-refractivity contribution is 8.02. The van der Waals surface area contributed by atoms with E-state index in [1.54, 1.807) is 13.1 Å². The minimum Gasteiger partial charge on any atom is -0.464 e. The number of nitrogens with zero attached hydrogens (tertiary/aromatic N) is 1. The first kappa shape index (κ1) is 13.1. The van der Waals surface area contributed by atoms with Crippen molar-refractivity contribution < 1.29 is 14.3 Å². The van der Waals surface area contributed by atoms with Gasteiger partial charge in [0.05, 0.1) is 12.4 Å². The quantitative estimate of drug-likeness (QED) is 0.704. The van der Waals surface area contributed by atoms with Gasteiger partial charge in [0.1, 0.15) is 6.04 Å². The van der Waals surface area contributed by atoms with Crippen LogP contribution in [0.25, 0.3) is 0 Å². The van der Waals surface area contributed by atoms with Crippen molar-refractivity contribution in [3.8, 4) is 0 Å². The summed E-state index contributed by atoms with van der Waals surface area (Å²) in [5, 5.41) is 1.81. The van der Waals surface area contributed by atoms with Gasteiger partial charge >= 0.3 is 5.97 Å². The highest BCUT2D eigenvalue weighted by Gasteiger charge is 2.26. The monoisotopic (exact) mass is 243 g/mol. The van der Waals surface area contributed by atoms with E-state index in [9.17, 15) is 9.59 Å². The van der Waals surface area contributed by atoms with Crippen molar-refractivity contribution in [1.82, 2.24) is 4.90 Å². The molecule has 0 fully saturated rings. The zero-order valence-corrected chi connectivity index (χ0v) is 10.6. The number of ether oxygens (including phenoxy) is 1. The van der Waals surface area contributed by atoms with Crippen molar-refractivity contribution in [3.05, 3.63) is 11.6 Å². The molecule has 4 nitrogen and oxygen atoms in total. The average molecular weight is 243 g/mol. The highest BCUT2D eigenvalue weighted by atomic mass is 32.2. The van der Waals surface area contributed by atoms with Gasteiger partial charge in [0.15, 0.2) is 0 Å². The molecule has 0 saturated heterocycles. The van der Waals surface area contributed by atoms with Gasteiger partial charge in [-0.15, -0.1) is 11.8 Å². The molecule has 1 unspecified atom stereocenters. The Balaban J connectivity index is 2.52. The molecule has 0 saturated carbocycles. The average Bonchev–Trinajstić information content (AvgIpc) is 2.25. The Bertz CT molecular complexity index is 302. The lowest BCUT2D eigenvalue weighted by molar-refractivity contribution is -0.152. The molecule has 0 spiro atoms. The first-order valence-electron chi connectivity index (χ1n) is 5.28. The van der Waals surface area contributed by atoms with Gasteiger partial charge in [0.25, 0.3) is 0 Å². The second-order valence-electron chi connectivity index (χ2n) is 4.10. The Hall–Kier alpha value is -0.970. The number of rotatable bonds is 4. The smallest absolute Gasteiger partial charge is 0.328 e. The van der Waals surface area contributed by atoms with Crippen LogP contribution in [0.15, 0.2) is 11.6 Å². The van der Waals surface area contributed by atoms with Gasteiger partial charge in [-0.2, -0.15) is 0 Å². The van der Waals surface area contributed by atoms with Gasteiger partial charge in [-0.1, -0.05) is 13.8 Å². The van der Waals surface area contributed by atoms with Crippen LogP contribution in [-0.2, 0) is 14.3 Å². The molecule has 5 heteroatoms. The molecule has 1 rings (SSSR count). The van der Waals surface area contributed by atoms with Crippen molar-refractivity contribution >= 4 is 23.6 Å². The SMILES string of the molecule is CC(C)COC(=O)C(C)N1C=CSCC1=O. The maximum absolute atomic E-state index is 11.6. The van der Waals surface area contributed by atoms with Gasteiger partial charge in [-0.05, 0) is 18.2 Å². The Morgan fingerprint density at radius 1 is 1.56 bits per heavy atom. The molecule has 1 aliphatic rings. The number of carbonyl (C=O) groups excluding carboxylic acids is 2. The number of amides is 1. The molecule has 1 aliphatic heterocycles. The normalized spacial score (nSPS) is 17.8. The number of carbonyl (C=O) groups is 2. The third kappa shape index (κ3) is 3.56. The van der Waals surface area contributed by atoms with Crippen molar-refractivity contribution in [1.29, 1.82) is 0 Å². The van der Waals surface area contributed by atoms with E-state index in [0.717, 1.165) is 0 Å². The van der Waals surface area contributed by atoms with Gasteiger partial charge < -0.3 is 9.64 Å². The van der Waals surface area contributed by atoms with E-state index >= 15 is 0 Å². The summed E-state index contributed by atoms with van der Waals surface area (Å²) in [5.41, 5.74) is 0. The van der Waals surface area contributed by atoms with Crippen LogP contribution in [0.2, 0.25) is 0 Å². The van der Waals surface area contributed by atoms with Crippen molar-refractivity contribution in [3.63, 3.8) is 0 Å². The number of thioether (sulfide) groups is 1. The summed E-state index contributed by atoms with van der Waals surface area (Å²) in [6, 6.07) is -0.539. The predicted octanol–water partition coefficient (Wildman–Crippen LogP) is 1.62. The molecule has 1 heterocycles. The summed E-state index contributed by atoms with van der Waals surface area (Å²) in [4.78, 5) is 24.6. The Labute approximate surface area is 100 Å². The van der Waals surface area contributed by atoms with E-state index in [1.165, 1.54) is 16.7 Å². The molecule has 90 valence electrons. The number of hydrogen-bond acceptors (Lipinski definition) is 4. The molecule has 16 heavy (non-hydrogen) atoms. The van der Waals surface area contributed by atoms with Crippen LogP contribution >= 0.6 is 11.8 Å². The second-order valence-corrected chi connectivity index (χ2v) is 4.99. The minimum atomic E-state index is -0.539. The van der Waals surface area contributed by atoms with Crippen LogP contribution in [0.4, 0.5) is 0 Å². The van der Waals surface area contributed by atoms with Gasteiger partial charge in [0.2, 0.25) is 5.91 Å². The van der Waals surface area contributed by atoms with Crippen LogP contribution in [-0.4, -0.2) is 35.2 Å². The van der Waals surface area contributed by atoms with Crippen LogP contribution in [0.5, 0.6) is 0 Å². The summed E-state index contributed by atoms with van der Waals surface area (Å²) < 4.78 is 5.09. The fraction of sp³-hybridized carbons (Fsp3) is 0.636. The van der Waals surface area contributed by atoms with Crippen LogP contribution < -0.4 is 0 Å². The van der Waals surface area contributed by atoms with Crippen LogP contribution in [0, 0.1) is 5.92 Å². The summed E-state index contributed by atoms with van der Waals surface area (Å²) in [7, 11) is 0. The first-order chi connectivity index (χ1) is 7.52. The van der Waals surface area contributed by atoms with Crippen LogP contribution in [0.1, 0.15) is 20.8 Å². The molecular formula is C11H17NO3S. The fourth-order valence-electron chi connectivity index (χ4n) is 1.21. The minimum absolute atomic E-state index is 0.0542. The van der Waals surface area contributed by atoms with Crippen molar-refractivity contribution in [2.45, 2.75) is 26.8 Å². The predicted molar refractivity (Wildman–Crippen MR) is 63.7 cm³/mol. The molecule has 0 aliphatic carbocycles. The highest BCUT2D eigenvalue weighted by Crippen LogP contribution is 2.15. The third-order valence-corrected chi connectivity index (χ3v) is 2.86. The van der Waals surface area contributed by atoms with E-state index in [4.69, 9.17) is 4.74 Å².